The summed E-state index contributed by atoms with van der Waals surface area (Å²) in [6.07, 6.45) is 7.59. The van der Waals surface area contributed by atoms with E-state index in [-0.39, 0.29) is 6.29 Å². The van der Waals surface area contributed by atoms with Gasteiger partial charge in [-0.3, -0.25) is 0 Å². The SMILES string of the molecule is CC(Oc1ccc(CC(C)(C)C)cc1)OC1CCCCC1. The van der Waals surface area contributed by atoms with Crippen molar-refractivity contribution in [2.45, 2.75) is 78.6 Å². The molecule has 1 fully saturated rings. The van der Waals surface area contributed by atoms with Gasteiger partial charge in [-0.1, -0.05) is 52.2 Å². The van der Waals surface area contributed by atoms with E-state index in [0.29, 0.717) is 11.5 Å². The topological polar surface area (TPSA) is 18.5 Å². The number of ether oxygens (including phenoxy) is 2. The molecule has 0 radical (unpaired) electrons. The van der Waals surface area contributed by atoms with Crippen molar-refractivity contribution >= 4 is 0 Å². The van der Waals surface area contributed by atoms with E-state index in [9.17, 15) is 0 Å². The molecule has 0 heterocycles. The Morgan fingerprint density at radius 2 is 1.67 bits per heavy atom. The number of hydrogen-bond acceptors (Lipinski definition) is 2. The van der Waals surface area contributed by atoms with Gasteiger partial charge in [0.2, 0.25) is 0 Å². The normalized spacial score (nSPS) is 18.5. The number of rotatable bonds is 5. The summed E-state index contributed by atoms with van der Waals surface area (Å²) in [5, 5.41) is 0. The molecule has 1 aromatic carbocycles. The third-order valence-electron chi connectivity index (χ3n) is 3.90. The Kier molecular flexibility index (Phi) is 5.69. The predicted molar refractivity (Wildman–Crippen MR) is 87.6 cm³/mol. The van der Waals surface area contributed by atoms with Gasteiger partial charge < -0.3 is 9.47 Å². The molecule has 0 aromatic heterocycles. The van der Waals surface area contributed by atoms with Crippen molar-refractivity contribution in [1.82, 2.24) is 0 Å². The van der Waals surface area contributed by atoms with Crippen LogP contribution in [0.3, 0.4) is 0 Å². The van der Waals surface area contributed by atoms with Crippen molar-refractivity contribution in [2.24, 2.45) is 5.41 Å². The summed E-state index contributed by atoms with van der Waals surface area (Å²) < 4.78 is 11.9. The molecule has 118 valence electrons. The molecule has 0 spiro atoms. The van der Waals surface area contributed by atoms with Crippen molar-refractivity contribution in [2.75, 3.05) is 0 Å². The minimum Gasteiger partial charge on any atom is -0.465 e. The summed E-state index contributed by atoms with van der Waals surface area (Å²) in [7, 11) is 0. The molecule has 0 bridgehead atoms. The summed E-state index contributed by atoms with van der Waals surface area (Å²) in [6.45, 7) is 8.78. The highest BCUT2D eigenvalue weighted by molar-refractivity contribution is 5.27. The van der Waals surface area contributed by atoms with Gasteiger partial charge in [0.1, 0.15) is 5.75 Å². The van der Waals surface area contributed by atoms with Crippen LogP contribution in [-0.4, -0.2) is 12.4 Å². The molecule has 0 amide bonds. The first-order valence-corrected chi connectivity index (χ1v) is 8.33. The molecule has 1 aliphatic rings. The Balaban J connectivity index is 1.81. The van der Waals surface area contributed by atoms with Gasteiger partial charge in [0, 0.05) is 0 Å². The molecule has 1 saturated carbocycles. The first-order chi connectivity index (χ1) is 9.92. The Labute approximate surface area is 129 Å². The minimum absolute atomic E-state index is 0.165. The maximum atomic E-state index is 5.98. The molecule has 0 saturated heterocycles. The van der Waals surface area contributed by atoms with Gasteiger partial charge in [-0.05, 0) is 49.3 Å². The average Bonchev–Trinajstić information content (AvgIpc) is 2.40. The van der Waals surface area contributed by atoms with E-state index in [0.717, 1.165) is 12.2 Å². The molecule has 2 heteroatoms. The molecular formula is C19H30O2. The largest absolute Gasteiger partial charge is 0.465 e. The second-order valence-electron chi connectivity index (χ2n) is 7.46. The van der Waals surface area contributed by atoms with E-state index >= 15 is 0 Å². The van der Waals surface area contributed by atoms with Gasteiger partial charge in [0.15, 0.2) is 6.29 Å². The molecule has 2 nitrogen and oxygen atoms in total. The van der Waals surface area contributed by atoms with Gasteiger partial charge >= 0.3 is 0 Å². The lowest BCUT2D eigenvalue weighted by Gasteiger charge is -2.26. The van der Waals surface area contributed by atoms with Crippen LogP contribution in [0.4, 0.5) is 0 Å². The van der Waals surface area contributed by atoms with E-state index in [1.54, 1.807) is 0 Å². The summed E-state index contributed by atoms with van der Waals surface area (Å²) >= 11 is 0. The predicted octanol–water partition coefficient (Wildman–Crippen LogP) is 5.35. The third kappa shape index (κ3) is 6.09. The van der Waals surface area contributed by atoms with Crippen molar-refractivity contribution in [3.05, 3.63) is 29.8 Å². The maximum Gasteiger partial charge on any atom is 0.197 e. The maximum absolute atomic E-state index is 5.98. The van der Waals surface area contributed by atoms with Crippen LogP contribution in [0.5, 0.6) is 5.75 Å². The Morgan fingerprint density at radius 1 is 1.05 bits per heavy atom. The number of hydrogen-bond donors (Lipinski definition) is 0. The second-order valence-corrected chi connectivity index (χ2v) is 7.46. The molecule has 0 aliphatic heterocycles. The van der Waals surface area contributed by atoms with Gasteiger partial charge in [0.05, 0.1) is 6.10 Å². The first kappa shape index (κ1) is 16.4. The second kappa shape index (κ2) is 7.31. The summed E-state index contributed by atoms with van der Waals surface area (Å²) in [6, 6.07) is 8.44. The zero-order chi connectivity index (χ0) is 15.3. The van der Waals surface area contributed by atoms with Crippen molar-refractivity contribution in [3.63, 3.8) is 0 Å². The lowest BCUT2D eigenvalue weighted by Crippen LogP contribution is -2.26. The summed E-state index contributed by atoms with van der Waals surface area (Å²) in [5.74, 6) is 0.899. The van der Waals surface area contributed by atoms with Gasteiger partial charge in [-0.2, -0.15) is 0 Å². The summed E-state index contributed by atoms with van der Waals surface area (Å²) in [4.78, 5) is 0. The molecule has 1 unspecified atom stereocenters. The van der Waals surface area contributed by atoms with Crippen LogP contribution in [0.15, 0.2) is 24.3 Å². The van der Waals surface area contributed by atoms with E-state index in [1.165, 1.54) is 37.7 Å². The Hall–Kier alpha value is -1.02. The molecule has 1 atom stereocenters. The molecule has 1 aliphatic carbocycles. The molecule has 1 aromatic rings. The zero-order valence-corrected chi connectivity index (χ0v) is 14.0. The quantitative estimate of drug-likeness (QED) is 0.681. The van der Waals surface area contributed by atoms with Gasteiger partial charge in [-0.15, -0.1) is 0 Å². The smallest absolute Gasteiger partial charge is 0.197 e. The van der Waals surface area contributed by atoms with E-state index in [1.807, 2.05) is 6.92 Å². The monoisotopic (exact) mass is 290 g/mol. The lowest BCUT2D eigenvalue weighted by atomic mass is 9.88. The van der Waals surface area contributed by atoms with Crippen LogP contribution in [0.25, 0.3) is 0 Å². The minimum atomic E-state index is -0.165. The van der Waals surface area contributed by atoms with Crippen LogP contribution in [-0.2, 0) is 11.2 Å². The van der Waals surface area contributed by atoms with Crippen LogP contribution in [0.1, 0.15) is 65.4 Å². The van der Waals surface area contributed by atoms with Crippen molar-refractivity contribution in [3.8, 4) is 5.75 Å². The summed E-state index contributed by atoms with van der Waals surface area (Å²) in [5.41, 5.74) is 1.68. The fourth-order valence-corrected chi connectivity index (χ4v) is 2.99. The lowest BCUT2D eigenvalue weighted by molar-refractivity contribution is -0.116. The van der Waals surface area contributed by atoms with E-state index in [4.69, 9.17) is 9.47 Å². The standard InChI is InChI=1S/C19H30O2/c1-15(20-17-8-6-5-7-9-17)21-18-12-10-16(11-13-18)14-19(2,3)4/h10-13,15,17H,5-9,14H2,1-4H3. The van der Waals surface area contributed by atoms with Gasteiger partial charge in [-0.25, -0.2) is 0 Å². The Morgan fingerprint density at radius 3 is 2.24 bits per heavy atom. The fourth-order valence-electron chi connectivity index (χ4n) is 2.99. The molecule has 21 heavy (non-hydrogen) atoms. The van der Waals surface area contributed by atoms with Crippen LogP contribution in [0, 0.1) is 5.41 Å². The van der Waals surface area contributed by atoms with Crippen LogP contribution >= 0.6 is 0 Å². The van der Waals surface area contributed by atoms with Crippen molar-refractivity contribution in [1.29, 1.82) is 0 Å². The third-order valence-corrected chi connectivity index (χ3v) is 3.90. The fraction of sp³-hybridized carbons (Fsp3) is 0.684. The van der Waals surface area contributed by atoms with Crippen molar-refractivity contribution < 1.29 is 9.47 Å². The van der Waals surface area contributed by atoms with E-state index < -0.39 is 0 Å². The number of benzene rings is 1. The Bertz CT molecular complexity index is 410. The highest BCUT2D eigenvalue weighted by Crippen LogP contribution is 2.24. The first-order valence-electron chi connectivity index (χ1n) is 8.33. The molecule has 2 rings (SSSR count). The van der Waals surface area contributed by atoms with E-state index in [2.05, 4.69) is 45.0 Å². The van der Waals surface area contributed by atoms with Crippen LogP contribution < -0.4 is 4.74 Å². The molecular weight excluding hydrogens is 260 g/mol. The molecule has 0 N–H and O–H groups in total. The average molecular weight is 290 g/mol. The zero-order valence-electron chi connectivity index (χ0n) is 14.0. The highest BCUT2D eigenvalue weighted by Gasteiger charge is 2.17. The van der Waals surface area contributed by atoms with Gasteiger partial charge in [0.25, 0.3) is 0 Å². The van der Waals surface area contributed by atoms with Crippen LogP contribution in [0.2, 0.25) is 0 Å². The highest BCUT2D eigenvalue weighted by atomic mass is 16.7.